The minimum absolute atomic E-state index is 0.386. The fraction of sp³-hybridized carbons (Fsp3) is 0.538. The molecule has 1 aromatic carbocycles. The van der Waals surface area contributed by atoms with Gasteiger partial charge in [-0.1, -0.05) is 34.5 Å². The van der Waals surface area contributed by atoms with E-state index in [1.807, 2.05) is 24.3 Å². The molecule has 0 bridgehead atoms. The quantitative estimate of drug-likeness (QED) is 0.919. The highest BCUT2D eigenvalue weighted by molar-refractivity contribution is 9.10. The third kappa shape index (κ3) is 2.84. The Labute approximate surface area is 105 Å². The summed E-state index contributed by atoms with van der Waals surface area (Å²) in [4.78, 5) is 2.27. The summed E-state index contributed by atoms with van der Waals surface area (Å²) in [6.07, 6.45) is 3.51. The highest BCUT2D eigenvalue weighted by atomic mass is 79.9. The van der Waals surface area contributed by atoms with Gasteiger partial charge < -0.3 is 10.0 Å². The fourth-order valence-electron chi connectivity index (χ4n) is 2.07. The van der Waals surface area contributed by atoms with Crippen LogP contribution >= 0.6 is 15.9 Å². The third-order valence-corrected chi connectivity index (χ3v) is 3.89. The summed E-state index contributed by atoms with van der Waals surface area (Å²) in [5, 5.41) is 10.1. The van der Waals surface area contributed by atoms with E-state index in [-0.39, 0.29) is 6.10 Å². The summed E-state index contributed by atoms with van der Waals surface area (Å²) >= 11 is 3.43. The van der Waals surface area contributed by atoms with Gasteiger partial charge in [-0.05, 0) is 37.6 Å². The van der Waals surface area contributed by atoms with Crippen LogP contribution in [0.1, 0.15) is 30.9 Å². The smallest absolute Gasteiger partial charge is 0.0917 e. The van der Waals surface area contributed by atoms with Gasteiger partial charge in [-0.25, -0.2) is 0 Å². The van der Waals surface area contributed by atoms with Gasteiger partial charge in [0.15, 0.2) is 0 Å². The summed E-state index contributed by atoms with van der Waals surface area (Å²) in [6.45, 7) is 0.723. The average Bonchev–Trinajstić information content (AvgIpc) is 2.14. The van der Waals surface area contributed by atoms with Crippen molar-refractivity contribution in [2.45, 2.75) is 31.4 Å². The first-order valence-electron chi connectivity index (χ1n) is 5.80. The third-order valence-electron chi connectivity index (χ3n) is 3.39. The second-order valence-corrected chi connectivity index (χ2v) is 5.51. The first-order chi connectivity index (χ1) is 7.66. The number of halogens is 1. The molecule has 0 spiro atoms. The van der Waals surface area contributed by atoms with E-state index in [2.05, 4.69) is 27.9 Å². The van der Waals surface area contributed by atoms with Crippen molar-refractivity contribution in [3.8, 4) is 0 Å². The van der Waals surface area contributed by atoms with E-state index in [0.717, 1.165) is 16.6 Å². The molecule has 2 nitrogen and oxygen atoms in total. The summed E-state index contributed by atoms with van der Waals surface area (Å²) in [5.74, 6) is 0. The van der Waals surface area contributed by atoms with Crippen molar-refractivity contribution < 1.29 is 5.11 Å². The van der Waals surface area contributed by atoms with Crippen molar-refractivity contribution in [1.82, 2.24) is 4.90 Å². The normalized spacial score (nSPS) is 18.5. The van der Waals surface area contributed by atoms with Crippen molar-refractivity contribution in [3.05, 3.63) is 34.3 Å². The molecule has 88 valence electrons. The van der Waals surface area contributed by atoms with Crippen molar-refractivity contribution in [2.24, 2.45) is 0 Å². The molecular formula is C13H18BrNO. The molecule has 0 amide bonds. The molecule has 1 atom stereocenters. The second-order valence-electron chi connectivity index (χ2n) is 4.60. The Kier molecular flexibility index (Phi) is 4.00. The van der Waals surface area contributed by atoms with Crippen LogP contribution in [0, 0.1) is 0 Å². The first kappa shape index (κ1) is 12.1. The Bertz CT molecular complexity index is 352. The molecule has 16 heavy (non-hydrogen) atoms. The molecule has 2 rings (SSSR count). The molecule has 0 radical (unpaired) electrons. The van der Waals surface area contributed by atoms with Crippen LogP contribution in [-0.2, 0) is 0 Å². The molecule has 1 aromatic rings. The molecule has 1 aliphatic rings. The van der Waals surface area contributed by atoms with Gasteiger partial charge in [0.1, 0.15) is 0 Å². The van der Waals surface area contributed by atoms with Gasteiger partial charge in [-0.3, -0.25) is 0 Å². The Balaban J connectivity index is 1.93. The van der Waals surface area contributed by atoms with E-state index < -0.39 is 0 Å². The SMILES string of the molecule is CN(CC(O)c1cccc(Br)c1)C1CCC1. The fourth-order valence-corrected chi connectivity index (χ4v) is 2.49. The van der Waals surface area contributed by atoms with Crippen molar-refractivity contribution in [2.75, 3.05) is 13.6 Å². The number of nitrogens with zero attached hydrogens (tertiary/aromatic N) is 1. The van der Waals surface area contributed by atoms with Gasteiger partial charge in [0.2, 0.25) is 0 Å². The highest BCUT2D eigenvalue weighted by Gasteiger charge is 2.23. The van der Waals surface area contributed by atoms with Gasteiger partial charge in [-0.2, -0.15) is 0 Å². The molecule has 1 unspecified atom stereocenters. The van der Waals surface area contributed by atoms with Crippen molar-refractivity contribution >= 4 is 15.9 Å². The van der Waals surface area contributed by atoms with E-state index in [1.165, 1.54) is 19.3 Å². The predicted molar refractivity (Wildman–Crippen MR) is 69.4 cm³/mol. The number of hydrogen-bond acceptors (Lipinski definition) is 2. The Morgan fingerprint density at radius 2 is 2.25 bits per heavy atom. The lowest BCUT2D eigenvalue weighted by Gasteiger charge is -2.35. The van der Waals surface area contributed by atoms with Crippen LogP contribution in [0.2, 0.25) is 0 Å². The summed E-state index contributed by atoms with van der Waals surface area (Å²) in [6, 6.07) is 8.59. The standard InChI is InChI=1S/C13H18BrNO/c1-15(12-6-3-7-12)9-13(16)10-4-2-5-11(14)8-10/h2,4-5,8,12-13,16H,3,6-7,9H2,1H3. The largest absolute Gasteiger partial charge is 0.387 e. The Hall–Kier alpha value is -0.380. The monoisotopic (exact) mass is 283 g/mol. The zero-order chi connectivity index (χ0) is 11.5. The van der Waals surface area contributed by atoms with Crippen LogP contribution in [0.5, 0.6) is 0 Å². The maximum atomic E-state index is 10.1. The number of benzene rings is 1. The zero-order valence-electron chi connectivity index (χ0n) is 9.56. The minimum atomic E-state index is -0.386. The molecule has 0 aromatic heterocycles. The lowest BCUT2D eigenvalue weighted by molar-refractivity contribution is 0.0776. The lowest BCUT2D eigenvalue weighted by Crippen LogP contribution is -2.39. The van der Waals surface area contributed by atoms with Crippen molar-refractivity contribution in [1.29, 1.82) is 0 Å². The van der Waals surface area contributed by atoms with E-state index in [1.54, 1.807) is 0 Å². The lowest BCUT2D eigenvalue weighted by atomic mass is 9.91. The number of rotatable bonds is 4. The summed E-state index contributed by atoms with van der Waals surface area (Å²) < 4.78 is 1.02. The van der Waals surface area contributed by atoms with Gasteiger partial charge in [0.25, 0.3) is 0 Å². The molecule has 1 saturated carbocycles. The zero-order valence-corrected chi connectivity index (χ0v) is 11.2. The summed E-state index contributed by atoms with van der Waals surface area (Å²) in [7, 11) is 2.10. The molecule has 0 aliphatic heterocycles. The molecular weight excluding hydrogens is 266 g/mol. The van der Waals surface area contributed by atoms with Crippen LogP contribution in [-0.4, -0.2) is 29.6 Å². The molecule has 0 heterocycles. The van der Waals surface area contributed by atoms with Gasteiger partial charge in [0, 0.05) is 17.1 Å². The molecule has 3 heteroatoms. The summed E-state index contributed by atoms with van der Waals surface area (Å²) in [5.41, 5.74) is 0.987. The van der Waals surface area contributed by atoms with E-state index in [4.69, 9.17) is 0 Å². The predicted octanol–water partition coefficient (Wildman–Crippen LogP) is 2.97. The van der Waals surface area contributed by atoms with Gasteiger partial charge >= 0.3 is 0 Å². The van der Waals surface area contributed by atoms with Crippen LogP contribution in [0.3, 0.4) is 0 Å². The van der Waals surface area contributed by atoms with Gasteiger partial charge in [0.05, 0.1) is 6.10 Å². The maximum Gasteiger partial charge on any atom is 0.0917 e. The highest BCUT2D eigenvalue weighted by Crippen LogP contribution is 2.26. The number of aliphatic hydroxyl groups excluding tert-OH is 1. The van der Waals surface area contributed by atoms with Crippen LogP contribution in [0.4, 0.5) is 0 Å². The maximum absolute atomic E-state index is 10.1. The van der Waals surface area contributed by atoms with E-state index in [9.17, 15) is 5.11 Å². The second kappa shape index (κ2) is 5.30. The minimum Gasteiger partial charge on any atom is -0.387 e. The van der Waals surface area contributed by atoms with Crippen LogP contribution in [0.15, 0.2) is 28.7 Å². The topological polar surface area (TPSA) is 23.5 Å². The number of aliphatic hydroxyl groups is 1. The average molecular weight is 284 g/mol. The van der Waals surface area contributed by atoms with Crippen molar-refractivity contribution in [3.63, 3.8) is 0 Å². The number of likely N-dealkylation sites (N-methyl/N-ethyl adjacent to an activating group) is 1. The molecule has 1 fully saturated rings. The number of hydrogen-bond donors (Lipinski definition) is 1. The van der Waals surface area contributed by atoms with E-state index >= 15 is 0 Å². The first-order valence-corrected chi connectivity index (χ1v) is 6.60. The van der Waals surface area contributed by atoms with Gasteiger partial charge in [-0.15, -0.1) is 0 Å². The Morgan fingerprint density at radius 1 is 1.50 bits per heavy atom. The molecule has 1 N–H and O–H groups in total. The van der Waals surface area contributed by atoms with Crippen LogP contribution < -0.4 is 0 Å². The Morgan fingerprint density at radius 3 is 2.81 bits per heavy atom. The molecule has 1 aliphatic carbocycles. The van der Waals surface area contributed by atoms with E-state index in [0.29, 0.717) is 6.04 Å². The van der Waals surface area contributed by atoms with Crippen LogP contribution in [0.25, 0.3) is 0 Å². The molecule has 0 saturated heterocycles.